The predicted molar refractivity (Wildman–Crippen MR) is 56.3 cm³/mol. The SMILES string of the molecule is CO[C@H]1O[C@H]([C@H](C)CO)[C@H](C)[C@H](O)[C@@H]1C. The van der Waals surface area contributed by atoms with Gasteiger partial charge in [-0.1, -0.05) is 20.8 Å². The fourth-order valence-corrected chi connectivity index (χ4v) is 2.26. The summed E-state index contributed by atoms with van der Waals surface area (Å²) < 4.78 is 10.9. The van der Waals surface area contributed by atoms with Crippen molar-refractivity contribution in [3.8, 4) is 0 Å². The van der Waals surface area contributed by atoms with Crippen molar-refractivity contribution in [2.24, 2.45) is 17.8 Å². The highest BCUT2D eigenvalue weighted by molar-refractivity contribution is 4.86. The number of aliphatic hydroxyl groups excluding tert-OH is 2. The Kier molecular flexibility index (Phi) is 4.52. The molecule has 0 saturated carbocycles. The van der Waals surface area contributed by atoms with Gasteiger partial charge in [0, 0.05) is 31.5 Å². The van der Waals surface area contributed by atoms with Gasteiger partial charge in [-0.15, -0.1) is 0 Å². The van der Waals surface area contributed by atoms with Crippen molar-refractivity contribution in [2.45, 2.75) is 39.3 Å². The molecule has 4 heteroatoms. The Morgan fingerprint density at radius 1 is 1.33 bits per heavy atom. The maximum atomic E-state index is 10.0. The molecule has 1 aliphatic heterocycles. The molecule has 1 fully saturated rings. The van der Waals surface area contributed by atoms with E-state index in [0.717, 1.165) is 0 Å². The fourth-order valence-electron chi connectivity index (χ4n) is 2.26. The minimum Gasteiger partial charge on any atom is -0.396 e. The molecule has 1 saturated heterocycles. The van der Waals surface area contributed by atoms with Crippen molar-refractivity contribution in [1.29, 1.82) is 0 Å². The second-order valence-electron chi connectivity index (χ2n) is 4.57. The third-order valence-corrected chi connectivity index (χ3v) is 3.40. The van der Waals surface area contributed by atoms with Gasteiger partial charge in [0.15, 0.2) is 6.29 Å². The molecule has 0 aromatic carbocycles. The molecule has 1 heterocycles. The number of rotatable bonds is 3. The summed E-state index contributed by atoms with van der Waals surface area (Å²) in [6.07, 6.45) is -0.968. The highest BCUT2D eigenvalue weighted by atomic mass is 16.7. The Balaban J connectivity index is 2.74. The molecule has 0 radical (unpaired) electrons. The zero-order chi connectivity index (χ0) is 11.6. The third kappa shape index (κ3) is 2.50. The van der Waals surface area contributed by atoms with Crippen molar-refractivity contribution in [3.63, 3.8) is 0 Å². The van der Waals surface area contributed by atoms with Crippen molar-refractivity contribution in [1.82, 2.24) is 0 Å². The van der Waals surface area contributed by atoms with Gasteiger partial charge in [-0.05, 0) is 0 Å². The van der Waals surface area contributed by atoms with E-state index in [-0.39, 0.29) is 36.8 Å². The molecule has 0 spiro atoms. The zero-order valence-corrected chi connectivity index (χ0v) is 9.88. The van der Waals surface area contributed by atoms with E-state index in [4.69, 9.17) is 14.6 Å². The third-order valence-electron chi connectivity index (χ3n) is 3.40. The first kappa shape index (κ1) is 12.9. The Hall–Kier alpha value is -0.160. The van der Waals surface area contributed by atoms with Gasteiger partial charge < -0.3 is 19.7 Å². The molecule has 0 bridgehead atoms. The summed E-state index contributed by atoms with van der Waals surface area (Å²) in [5.41, 5.74) is 0. The first-order valence-electron chi connectivity index (χ1n) is 5.50. The minimum atomic E-state index is -0.442. The average molecular weight is 218 g/mol. The molecular weight excluding hydrogens is 196 g/mol. The van der Waals surface area contributed by atoms with Crippen LogP contribution in [0.2, 0.25) is 0 Å². The lowest BCUT2D eigenvalue weighted by molar-refractivity contribution is -0.264. The van der Waals surface area contributed by atoms with Crippen LogP contribution in [0.4, 0.5) is 0 Å². The first-order valence-corrected chi connectivity index (χ1v) is 5.50. The molecule has 6 atom stereocenters. The van der Waals surface area contributed by atoms with Crippen molar-refractivity contribution < 1.29 is 19.7 Å². The van der Waals surface area contributed by atoms with E-state index in [0.29, 0.717) is 0 Å². The Morgan fingerprint density at radius 3 is 2.40 bits per heavy atom. The number of hydrogen-bond donors (Lipinski definition) is 2. The minimum absolute atomic E-state index is 0.0137. The maximum absolute atomic E-state index is 10.0. The largest absolute Gasteiger partial charge is 0.396 e. The fraction of sp³-hybridized carbons (Fsp3) is 1.00. The van der Waals surface area contributed by atoms with Crippen LogP contribution in [-0.4, -0.2) is 42.4 Å². The summed E-state index contributed by atoms with van der Waals surface area (Å²) in [6.45, 7) is 5.84. The molecule has 1 aliphatic rings. The highest BCUT2D eigenvalue weighted by Crippen LogP contribution is 2.33. The smallest absolute Gasteiger partial charge is 0.162 e. The Labute approximate surface area is 91.2 Å². The first-order chi connectivity index (χ1) is 7.02. The van der Waals surface area contributed by atoms with Crippen LogP contribution < -0.4 is 0 Å². The maximum Gasteiger partial charge on any atom is 0.162 e. The lowest BCUT2D eigenvalue weighted by Crippen LogP contribution is -2.52. The Bertz CT molecular complexity index is 195. The zero-order valence-electron chi connectivity index (χ0n) is 9.88. The van der Waals surface area contributed by atoms with E-state index in [1.165, 1.54) is 0 Å². The molecule has 0 aliphatic carbocycles. The molecule has 0 amide bonds. The molecule has 0 unspecified atom stereocenters. The normalized spacial score (nSPS) is 44.0. The van der Waals surface area contributed by atoms with Gasteiger partial charge in [-0.3, -0.25) is 0 Å². The molecular formula is C11H22O4. The highest BCUT2D eigenvalue weighted by Gasteiger charge is 2.42. The summed E-state index contributed by atoms with van der Waals surface area (Å²) in [5, 5.41) is 19.1. The number of aliphatic hydroxyl groups is 2. The van der Waals surface area contributed by atoms with Gasteiger partial charge >= 0.3 is 0 Å². The second-order valence-corrected chi connectivity index (χ2v) is 4.57. The van der Waals surface area contributed by atoms with E-state index < -0.39 is 6.10 Å². The summed E-state index contributed by atoms with van der Waals surface area (Å²) in [6, 6.07) is 0. The second kappa shape index (κ2) is 5.25. The van der Waals surface area contributed by atoms with E-state index in [1.54, 1.807) is 7.11 Å². The van der Waals surface area contributed by atoms with E-state index in [1.807, 2.05) is 20.8 Å². The lowest BCUT2D eigenvalue weighted by Gasteiger charge is -2.43. The molecule has 0 aromatic heterocycles. The van der Waals surface area contributed by atoms with Crippen LogP contribution in [0.15, 0.2) is 0 Å². The summed E-state index contributed by atoms with van der Waals surface area (Å²) >= 11 is 0. The summed E-state index contributed by atoms with van der Waals surface area (Å²) in [5.74, 6) is 0.000456. The molecule has 90 valence electrons. The molecule has 15 heavy (non-hydrogen) atoms. The average Bonchev–Trinajstić information content (AvgIpc) is 2.25. The lowest BCUT2D eigenvalue weighted by atomic mass is 9.81. The summed E-state index contributed by atoms with van der Waals surface area (Å²) in [7, 11) is 1.57. The van der Waals surface area contributed by atoms with Crippen molar-refractivity contribution in [2.75, 3.05) is 13.7 Å². The van der Waals surface area contributed by atoms with Crippen molar-refractivity contribution in [3.05, 3.63) is 0 Å². The number of methoxy groups -OCH3 is 1. The molecule has 1 rings (SSSR count). The number of ether oxygens (including phenoxy) is 2. The topological polar surface area (TPSA) is 58.9 Å². The number of hydrogen-bond acceptors (Lipinski definition) is 4. The Morgan fingerprint density at radius 2 is 1.93 bits per heavy atom. The van der Waals surface area contributed by atoms with Gasteiger partial charge in [-0.2, -0.15) is 0 Å². The molecule has 0 aromatic rings. The van der Waals surface area contributed by atoms with Gasteiger partial charge in [0.05, 0.1) is 12.2 Å². The van der Waals surface area contributed by atoms with Crippen LogP contribution in [0.5, 0.6) is 0 Å². The van der Waals surface area contributed by atoms with Crippen LogP contribution in [0.25, 0.3) is 0 Å². The molecule has 4 nitrogen and oxygen atoms in total. The van der Waals surface area contributed by atoms with E-state index >= 15 is 0 Å². The van der Waals surface area contributed by atoms with Gasteiger partial charge in [0.2, 0.25) is 0 Å². The van der Waals surface area contributed by atoms with E-state index in [9.17, 15) is 5.11 Å². The summed E-state index contributed by atoms with van der Waals surface area (Å²) in [4.78, 5) is 0. The quantitative estimate of drug-likeness (QED) is 0.729. The van der Waals surface area contributed by atoms with Crippen molar-refractivity contribution >= 4 is 0 Å². The monoisotopic (exact) mass is 218 g/mol. The van der Waals surface area contributed by atoms with Crippen LogP contribution in [-0.2, 0) is 9.47 Å². The van der Waals surface area contributed by atoms with Crippen LogP contribution >= 0.6 is 0 Å². The standard InChI is InChI=1S/C11H22O4/c1-6(5-12)10-7(2)9(13)8(3)11(14-4)15-10/h6-13H,5H2,1-4H3/t6-,7-,8+,9+,10-,11+/m1/s1. The van der Waals surface area contributed by atoms with Gasteiger partial charge in [0.25, 0.3) is 0 Å². The van der Waals surface area contributed by atoms with Crippen LogP contribution in [0.3, 0.4) is 0 Å². The van der Waals surface area contributed by atoms with Crippen LogP contribution in [0.1, 0.15) is 20.8 Å². The van der Waals surface area contributed by atoms with Gasteiger partial charge in [0.1, 0.15) is 0 Å². The van der Waals surface area contributed by atoms with Gasteiger partial charge in [-0.25, -0.2) is 0 Å². The van der Waals surface area contributed by atoms with Crippen LogP contribution in [0, 0.1) is 17.8 Å². The van der Waals surface area contributed by atoms with E-state index in [2.05, 4.69) is 0 Å². The molecule has 2 N–H and O–H groups in total. The predicted octanol–water partition coefficient (Wildman–Crippen LogP) is 0.619.